The molecule has 1 heterocycles. The Morgan fingerprint density at radius 1 is 1.19 bits per heavy atom. The van der Waals surface area contributed by atoms with Crippen molar-refractivity contribution in [3.05, 3.63) is 64.9 Å². The van der Waals surface area contributed by atoms with Crippen LogP contribution in [0.1, 0.15) is 18.3 Å². The van der Waals surface area contributed by atoms with Crippen molar-refractivity contribution in [3.8, 4) is 5.75 Å². The van der Waals surface area contributed by atoms with Gasteiger partial charge in [-0.25, -0.2) is 0 Å². The maximum atomic E-state index is 12.8. The summed E-state index contributed by atoms with van der Waals surface area (Å²) < 4.78 is 45.9. The van der Waals surface area contributed by atoms with Crippen molar-refractivity contribution in [3.63, 3.8) is 0 Å². The minimum absolute atomic E-state index is 0.0419. The van der Waals surface area contributed by atoms with E-state index in [0.717, 1.165) is 23.9 Å². The number of nitrogens with zero attached hydrogens (tertiary/aromatic N) is 3. The number of aromatic nitrogens is 3. The Morgan fingerprint density at radius 2 is 1.97 bits per heavy atom. The number of anilines is 1. The largest absolute Gasteiger partial charge is 0.484 e. The molecule has 31 heavy (non-hydrogen) atoms. The van der Waals surface area contributed by atoms with Gasteiger partial charge < -0.3 is 14.6 Å². The molecule has 0 aliphatic heterocycles. The summed E-state index contributed by atoms with van der Waals surface area (Å²) in [6, 6.07) is 11.5. The van der Waals surface area contributed by atoms with Gasteiger partial charge in [-0.2, -0.15) is 13.2 Å². The zero-order chi connectivity index (χ0) is 22.4. The van der Waals surface area contributed by atoms with Gasteiger partial charge in [0.05, 0.1) is 16.3 Å². The van der Waals surface area contributed by atoms with Crippen LogP contribution in [0, 0.1) is 0 Å². The fraction of sp³-hybridized carbons (Fsp3) is 0.250. The van der Waals surface area contributed by atoms with Crippen LogP contribution in [0.4, 0.5) is 18.9 Å². The number of carbonyl (C=O) groups excluding carboxylic acids is 1. The molecular weight excluding hydrogens is 453 g/mol. The molecule has 0 aliphatic rings. The average molecular weight is 471 g/mol. The van der Waals surface area contributed by atoms with E-state index in [2.05, 4.69) is 15.5 Å². The van der Waals surface area contributed by atoms with Crippen molar-refractivity contribution in [1.82, 2.24) is 14.8 Å². The Kier molecular flexibility index (Phi) is 7.45. The lowest BCUT2D eigenvalue weighted by Gasteiger charge is -2.11. The van der Waals surface area contributed by atoms with Crippen molar-refractivity contribution < 1.29 is 22.7 Å². The second-order valence-electron chi connectivity index (χ2n) is 6.28. The van der Waals surface area contributed by atoms with Crippen LogP contribution in [-0.4, -0.2) is 26.4 Å². The van der Waals surface area contributed by atoms with Gasteiger partial charge in [-0.3, -0.25) is 4.79 Å². The van der Waals surface area contributed by atoms with Crippen LogP contribution in [0.15, 0.2) is 53.7 Å². The van der Waals surface area contributed by atoms with E-state index in [9.17, 15) is 18.0 Å². The Hall–Kier alpha value is -2.72. The third-order valence-electron chi connectivity index (χ3n) is 4.11. The molecule has 3 rings (SSSR count). The van der Waals surface area contributed by atoms with Crippen LogP contribution in [0.5, 0.6) is 5.75 Å². The number of ether oxygens (including phenoxy) is 1. The summed E-state index contributed by atoms with van der Waals surface area (Å²) in [5.74, 6) is 0.580. The Labute approximate surface area is 185 Å². The number of hydrogen-bond acceptors (Lipinski definition) is 5. The van der Waals surface area contributed by atoms with Crippen LogP contribution < -0.4 is 10.1 Å². The van der Waals surface area contributed by atoms with E-state index in [1.54, 1.807) is 28.8 Å². The quantitative estimate of drug-likeness (QED) is 0.454. The van der Waals surface area contributed by atoms with Crippen LogP contribution in [0.25, 0.3) is 0 Å². The molecule has 11 heteroatoms. The molecule has 164 valence electrons. The predicted molar refractivity (Wildman–Crippen MR) is 112 cm³/mol. The van der Waals surface area contributed by atoms with E-state index in [-0.39, 0.29) is 18.0 Å². The summed E-state index contributed by atoms with van der Waals surface area (Å²) in [6.07, 6.45) is -4.48. The number of hydrogen-bond donors (Lipinski definition) is 1. The summed E-state index contributed by atoms with van der Waals surface area (Å²) >= 11 is 7.20. The second-order valence-corrected chi connectivity index (χ2v) is 7.63. The number of carbonyl (C=O) groups is 1. The van der Waals surface area contributed by atoms with Crippen molar-refractivity contribution in [1.29, 1.82) is 0 Å². The molecule has 1 aromatic heterocycles. The molecule has 1 amide bonds. The first-order valence-corrected chi connectivity index (χ1v) is 10.5. The third kappa shape index (κ3) is 6.14. The lowest BCUT2D eigenvalue weighted by molar-refractivity contribution is -0.137. The smallest absolute Gasteiger partial charge is 0.416 e. The van der Waals surface area contributed by atoms with Crippen LogP contribution in [0.2, 0.25) is 5.02 Å². The highest BCUT2D eigenvalue weighted by Gasteiger charge is 2.30. The number of amides is 1. The van der Waals surface area contributed by atoms with Crippen molar-refractivity contribution >= 4 is 35.0 Å². The summed E-state index contributed by atoms with van der Waals surface area (Å²) in [4.78, 5) is 12.2. The van der Waals surface area contributed by atoms with Gasteiger partial charge in [0.2, 0.25) is 5.91 Å². The minimum Gasteiger partial charge on any atom is -0.484 e. The topological polar surface area (TPSA) is 69.0 Å². The highest BCUT2D eigenvalue weighted by molar-refractivity contribution is 7.99. The fourth-order valence-electron chi connectivity index (χ4n) is 2.65. The maximum absolute atomic E-state index is 12.8. The van der Waals surface area contributed by atoms with Gasteiger partial charge in [-0.1, -0.05) is 41.6 Å². The standard InChI is InChI=1S/C20H18ClF3N4O2S/c1-2-28-17(11-30-16-9-4-3-8-15(16)21)26-27-19(28)31-12-18(29)25-14-7-5-6-13(10-14)20(22,23)24/h3-10H,2,11-12H2,1H3,(H,25,29). The van der Waals surface area contributed by atoms with E-state index >= 15 is 0 Å². The summed E-state index contributed by atoms with van der Waals surface area (Å²) in [5, 5.41) is 11.6. The normalized spacial score (nSPS) is 11.4. The van der Waals surface area contributed by atoms with Gasteiger partial charge in [0.15, 0.2) is 11.0 Å². The van der Waals surface area contributed by atoms with Gasteiger partial charge in [0, 0.05) is 12.2 Å². The first kappa shape index (κ1) is 23.0. The van der Waals surface area contributed by atoms with Crippen LogP contribution in [-0.2, 0) is 24.1 Å². The highest BCUT2D eigenvalue weighted by Crippen LogP contribution is 2.31. The van der Waals surface area contributed by atoms with E-state index in [1.807, 2.05) is 6.92 Å². The lowest BCUT2D eigenvalue weighted by Crippen LogP contribution is -2.15. The SMILES string of the molecule is CCn1c(COc2ccccc2Cl)nnc1SCC(=O)Nc1cccc(C(F)(F)F)c1. The molecule has 0 aliphatic carbocycles. The van der Waals surface area contributed by atoms with Crippen molar-refractivity contribution in [2.24, 2.45) is 0 Å². The molecule has 6 nitrogen and oxygen atoms in total. The zero-order valence-electron chi connectivity index (χ0n) is 16.3. The number of alkyl halides is 3. The molecule has 0 spiro atoms. The fourth-order valence-corrected chi connectivity index (χ4v) is 3.67. The van der Waals surface area contributed by atoms with Gasteiger partial charge in [0.1, 0.15) is 12.4 Å². The second kappa shape index (κ2) is 10.1. The minimum atomic E-state index is -4.48. The van der Waals surface area contributed by atoms with E-state index < -0.39 is 17.6 Å². The lowest BCUT2D eigenvalue weighted by atomic mass is 10.2. The summed E-state index contributed by atoms with van der Waals surface area (Å²) in [7, 11) is 0. The van der Waals surface area contributed by atoms with Crippen molar-refractivity contribution in [2.45, 2.75) is 31.4 Å². The monoisotopic (exact) mass is 470 g/mol. The molecular formula is C20H18ClF3N4O2S. The highest BCUT2D eigenvalue weighted by atomic mass is 35.5. The number of para-hydroxylation sites is 1. The molecule has 2 aromatic carbocycles. The zero-order valence-corrected chi connectivity index (χ0v) is 17.9. The Bertz CT molecular complexity index is 1060. The van der Waals surface area contributed by atoms with E-state index in [1.165, 1.54) is 12.1 Å². The first-order valence-electron chi connectivity index (χ1n) is 9.17. The van der Waals surface area contributed by atoms with Gasteiger partial charge in [-0.15, -0.1) is 10.2 Å². The first-order chi connectivity index (χ1) is 14.8. The molecule has 0 fully saturated rings. The number of nitrogens with one attached hydrogen (secondary N) is 1. The molecule has 3 aromatic rings. The molecule has 1 N–H and O–H groups in total. The third-order valence-corrected chi connectivity index (χ3v) is 5.39. The number of thioether (sulfide) groups is 1. The van der Waals surface area contributed by atoms with Gasteiger partial charge in [-0.05, 0) is 37.3 Å². The molecule has 0 radical (unpaired) electrons. The molecule has 0 saturated carbocycles. The summed E-state index contributed by atoms with van der Waals surface area (Å²) in [5.41, 5.74) is -0.752. The number of rotatable bonds is 8. The molecule has 0 unspecified atom stereocenters. The van der Waals surface area contributed by atoms with Gasteiger partial charge >= 0.3 is 6.18 Å². The molecule has 0 bridgehead atoms. The summed E-state index contributed by atoms with van der Waals surface area (Å²) in [6.45, 7) is 2.59. The maximum Gasteiger partial charge on any atom is 0.416 e. The van der Waals surface area contributed by atoms with Crippen molar-refractivity contribution in [2.75, 3.05) is 11.1 Å². The molecule has 0 atom stereocenters. The van der Waals surface area contributed by atoms with Crippen LogP contribution >= 0.6 is 23.4 Å². The average Bonchev–Trinajstić information content (AvgIpc) is 3.13. The Balaban J connectivity index is 1.59. The number of benzene rings is 2. The number of halogens is 4. The Morgan fingerprint density at radius 3 is 2.68 bits per heavy atom. The molecule has 0 saturated heterocycles. The predicted octanol–water partition coefficient (Wildman–Crippen LogP) is 5.28. The van der Waals surface area contributed by atoms with Gasteiger partial charge in [0.25, 0.3) is 0 Å². The van der Waals surface area contributed by atoms with E-state index in [0.29, 0.717) is 28.3 Å². The van der Waals surface area contributed by atoms with Crippen LogP contribution in [0.3, 0.4) is 0 Å². The van der Waals surface area contributed by atoms with E-state index in [4.69, 9.17) is 16.3 Å².